The Hall–Kier alpha value is -2.24. The minimum absolute atomic E-state index is 0.0230. The van der Waals surface area contributed by atoms with E-state index in [1.54, 1.807) is 0 Å². The summed E-state index contributed by atoms with van der Waals surface area (Å²) in [6.45, 7) is 7.45. The summed E-state index contributed by atoms with van der Waals surface area (Å²) < 4.78 is 2.17. The van der Waals surface area contributed by atoms with Gasteiger partial charge in [0.25, 0.3) is 0 Å². The molecule has 3 rings (SSSR count). The number of aryl methyl sites for hydroxylation is 1. The van der Waals surface area contributed by atoms with Crippen LogP contribution in [0.5, 0.6) is 0 Å². The molecule has 1 heterocycles. The summed E-state index contributed by atoms with van der Waals surface area (Å²) in [6, 6.07) is 19.0. The molecule has 0 fully saturated rings. The number of hydrogen-bond acceptors (Lipinski definition) is 3. The van der Waals surface area contributed by atoms with Gasteiger partial charge in [0.05, 0.1) is 12.2 Å². The minimum atomic E-state index is -0.108. The van der Waals surface area contributed by atoms with Crippen molar-refractivity contribution >= 4 is 30.1 Å². The van der Waals surface area contributed by atoms with Crippen molar-refractivity contribution in [3.8, 4) is 11.1 Å². The van der Waals surface area contributed by atoms with Crippen LogP contribution in [-0.4, -0.2) is 21.2 Å². The first-order valence-electron chi connectivity index (χ1n) is 12.2. The zero-order chi connectivity index (χ0) is 24.5. The van der Waals surface area contributed by atoms with Gasteiger partial charge >= 0.3 is 0 Å². The first-order chi connectivity index (χ1) is 16.4. The molecule has 0 saturated heterocycles. The highest BCUT2D eigenvalue weighted by atomic mass is 35.5. The van der Waals surface area contributed by atoms with E-state index in [4.69, 9.17) is 11.6 Å². The first-order valence-corrected chi connectivity index (χ1v) is 13.2. The van der Waals surface area contributed by atoms with Crippen LogP contribution in [-0.2, 0) is 24.3 Å². The standard InChI is InChI=1S/C28H36ClN3OS/c1-4-5-11-26-31-27(29)25(17-30-28(33)24(19-34)16-20(2)3)32(26)18-21-12-14-23(15-13-21)22-9-7-6-8-10-22/h6-10,12-15,20,24,34H,4-5,11,16-19H2,1-3H3,(H,30,33). The van der Waals surface area contributed by atoms with Gasteiger partial charge in [-0.25, -0.2) is 4.98 Å². The van der Waals surface area contributed by atoms with Gasteiger partial charge in [-0.1, -0.05) is 93.4 Å². The molecule has 0 aliphatic rings. The van der Waals surface area contributed by atoms with Crippen LogP contribution >= 0.6 is 24.2 Å². The Morgan fingerprint density at radius 1 is 1.09 bits per heavy atom. The molecule has 0 aliphatic carbocycles. The van der Waals surface area contributed by atoms with Crippen LogP contribution in [0.1, 0.15) is 57.1 Å². The molecule has 182 valence electrons. The van der Waals surface area contributed by atoms with Crippen molar-refractivity contribution in [2.24, 2.45) is 11.8 Å². The topological polar surface area (TPSA) is 46.9 Å². The summed E-state index contributed by atoms with van der Waals surface area (Å²) >= 11 is 11.0. The van der Waals surface area contributed by atoms with Crippen LogP contribution in [0.2, 0.25) is 5.15 Å². The molecule has 0 bridgehead atoms. The fraction of sp³-hybridized carbons (Fsp3) is 0.429. The number of amides is 1. The molecular weight excluding hydrogens is 462 g/mol. The second-order valence-corrected chi connectivity index (χ2v) is 9.97. The molecule has 2 aromatic carbocycles. The van der Waals surface area contributed by atoms with E-state index in [0.29, 0.717) is 29.9 Å². The molecule has 0 radical (unpaired) electrons. The number of halogens is 1. The molecule has 1 N–H and O–H groups in total. The van der Waals surface area contributed by atoms with E-state index >= 15 is 0 Å². The van der Waals surface area contributed by atoms with E-state index in [2.05, 4.69) is 96.8 Å². The van der Waals surface area contributed by atoms with Crippen LogP contribution < -0.4 is 5.32 Å². The molecule has 1 atom stereocenters. The maximum Gasteiger partial charge on any atom is 0.224 e. The van der Waals surface area contributed by atoms with E-state index in [-0.39, 0.29) is 11.8 Å². The number of carbonyl (C=O) groups is 1. The zero-order valence-corrected chi connectivity index (χ0v) is 22.1. The second kappa shape index (κ2) is 13.0. The molecule has 1 aromatic heterocycles. The van der Waals surface area contributed by atoms with E-state index in [9.17, 15) is 4.79 Å². The average Bonchev–Trinajstić information content (AvgIpc) is 3.14. The Morgan fingerprint density at radius 2 is 1.76 bits per heavy atom. The van der Waals surface area contributed by atoms with Crippen LogP contribution in [0.25, 0.3) is 11.1 Å². The smallest absolute Gasteiger partial charge is 0.224 e. The highest BCUT2D eigenvalue weighted by Crippen LogP contribution is 2.24. The zero-order valence-electron chi connectivity index (χ0n) is 20.4. The molecule has 0 aliphatic heterocycles. The summed E-state index contributed by atoms with van der Waals surface area (Å²) in [6.07, 6.45) is 3.81. The maximum absolute atomic E-state index is 12.8. The number of carbonyl (C=O) groups excluding carboxylic acids is 1. The van der Waals surface area contributed by atoms with Crippen molar-refractivity contribution in [3.05, 3.63) is 76.8 Å². The summed E-state index contributed by atoms with van der Waals surface area (Å²) in [5.41, 5.74) is 4.42. The second-order valence-electron chi connectivity index (χ2n) is 9.25. The Kier molecular flexibility index (Phi) is 10.1. The molecular formula is C28H36ClN3OS. The van der Waals surface area contributed by atoms with Crippen molar-refractivity contribution in [2.75, 3.05) is 5.75 Å². The minimum Gasteiger partial charge on any atom is -0.350 e. The monoisotopic (exact) mass is 497 g/mol. The van der Waals surface area contributed by atoms with Gasteiger partial charge in [-0.15, -0.1) is 0 Å². The Labute approximate surface area is 214 Å². The number of rotatable bonds is 12. The molecule has 6 heteroatoms. The van der Waals surface area contributed by atoms with Gasteiger partial charge in [0, 0.05) is 24.6 Å². The number of nitrogens with one attached hydrogen (secondary N) is 1. The van der Waals surface area contributed by atoms with Crippen LogP contribution in [0.4, 0.5) is 0 Å². The summed E-state index contributed by atoms with van der Waals surface area (Å²) in [4.78, 5) is 17.4. The summed E-state index contributed by atoms with van der Waals surface area (Å²) in [5.74, 6) is 1.86. The van der Waals surface area contributed by atoms with Crippen LogP contribution in [0.15, 0.2) is 54.6 Å². The fourth-order valence-electron chi connectivity index (χ4n) is 4.15. The SMILES string of the molecule is CCCCc1nc(Cl)c(CNC(=O)C(CS)CC(C)C)n1Cc1ccc(-c2ccccc2)cc1. The Morgan fingerprint density at radius 3 is 2.38 bits per heavy atom. The molecule has 0 spiro atoms. The summed E-state index contributed by atoms with van der Waals surface area (Å²) in [5, 5.41) is 3.56. The molecule has 34 heavy (non-hydrogen) atoms. The lowest BCUT2D eigenvalue weighted by molar-refractivity contribution is -0.124. The van der Waals surface area contributed by atoms with Crippen molar-refractivity contribution in [1.82, 2.24) is 14.9 Å². The largest absolute Gasteiger partial charge is 0.350 e. The third-order valence-corrected chi connectivity index (χ3v) is 6.78. The van der Waals surface area contributed by atoms with Crippen molar-refractivity contribution < 1.29 is 4.79 Å². The van der Waals surface area contributed by atoms with Gasteiger partial charge in [-0.3, -0.25) is 4.79 Å². The van der Waals surface area contributed by atoms with Crippen molar-refractivity contribution in [1.29, 1.82) is 0 Å². The quantitative estimate of drug-likeness (QED) is 0.270. The number of aromatic nitrogens is 2. The number of benzene rings is 2. The van der Waals surface area contributed by atoms with E-state index in [1.165, 1.54) is 16.7 Å². The third-order valence-electron chi connectivity index (χ3n) is 6.04. The molecule has 1 amide bonds. The van der Waals surface area contributed by atoms with Gasteiger partial charge in [0.1, 0.15) is 5.82 Å². The maximum atomic E-state index is 12.8. The highest BCUT2D eigenvalue weighted by Gasteiger charge is 2.21. The van der Waals surface area contributed by atoms with Crippen LogP contribution in [0.3, 0.4) is 0 Å². The predicted octanol–water partition coefficient (Wildman–Crippen LogP) is 6.80. The average molecular weight is 498 g/mol. The number of nitrogens with zero attached hydrogens (tertiary/aromatic N) is 2. The van der Waals surface area contributed by atoms with Gasteiger partial charge in [-0.05, 0) is 35.4 Å². The van der Waals surface area contributed by atoms with Crippen molar-refractivity contribution in [3.63, 3.8) is 0 Å². The number of thiol groups is 1. The molecule has 4 nitrogen and oxygen atoms in total. The Bertz CT molecular complexity index is 1050. The number of unbranched alkanes of at least 4 members (excludes halogenated alkanes) is 1. The lowest BCUT2D eigenvalue weighted by Gasteiger charge is -2.18. The highest BCUT2D eigenvalue weighted by molar-refractivity contribution is 7.80. The third kappa shape index (κ3) is 7.13. The van der Waals surface area contributed by atoms with E-state index in [0.717, 1.165) is 37.2 Å². The number of imidazole rings is 1. The lowest BCUT2D eigenvalue weighted by Crippen LogP contribution is -2.33. The molecule has 1 unspecified atom stereocenters. The van der Waals surface area contributed by atoms with E-state index in [1.807, 2.05) is 6.07 Å². The normalized spacial score (nSPS) is 12.2. The Balaban J connectivity index is 1.80. The fourth-order valence-corrected chi connectivity index (χ4v) is 4.73. The number of hydrogen-bond donors (Lipinski definition) is 2. The molecule has 3 aromatic rings. The van der Waals surface area contributed by atoms with Gasteiger partial charge < -0.3 is 9.88 Å². The lowest BCUT2D eigenvalue weighted by atomic mass is 9.98. The van der Waals surface area contributed by atoms with Gasteiger partial charge in [-0.2, -0.15) is 12.6 Å². The van der Waals surface area contributed by atoms with Gasteiger partial charge in [0.15, 0.2) is 5.15 Å². The van der Waals surface area contributed by atoms with Crippen LogP contribution in [0, 0.1) is 11.8 Å². The van der Waals surface area contributed by atoms with Gasteiger partial charge in [0.2, 0.25) is 5.91 Å². The van der Waals surface area contributed by atoms with Crippen molar-refractivity contribution in [2.45, 2.75) is 59.5 Å². The first kappa shape index (κ1) is 26.4. The predicted molar refractivity (Wildman–Crippen MR) is 145 cm³/mol. The molecule has 0 saturated carbocycles. The van der Waals surface area contributed by atoms with E-state index < -0.39 is 0 Å². The summed E-state index contributed by atoms with van der Waals surface area (Å²) in [7, 11) is 0.